The Labute approximate surface area is 158 Å². The SMILES string of the molecule is CCCCNC(=O)c1ccc(Nc2ccccc2Oc2ccccc2)nn1. The number of hydrogen-bond acceptors (Lipinski definition) is 5. The Hall–Kier alpha value is -3.41. The highest BCUT2D eigenvalue weighted by Crippen LogP contribution is 2.30. The zero-order valence-corrected chi connectivity index (χ0v) is 15.2. The van der Waals surface area contributed by atoms with Gasteiger partial charge in [0.05, 0.1) is 5.69 Å². The van der Waals surface area contributed by atoms with Crippen LogP contribution >= 0.6 is 0 Å². The van der Waals surface area contributed by atoms with E-state index < -0.39 is 0 Å². The highest BCUT2D eigenvalue weighted by molar-refractivity contribution is 5.92. The normalized spacial score (nSPS) is 10.3. The molecule has 3 aromatic rings. The van der Waals surface area contributed by atoms with Crippen LogP contribution in [0.3, 0.4) is 0 Å². The molecule has 27 heavy (non-hydrogen) atoms. The lowest BCUT2D eigenvalue weighted by Gasteiger charge is -2.12. The van der Waals surface area contributed by atoms with E-state index in [2.05, 4.69) is 27.8 Å². The van der Waals surface area contributed by atoms with Gasteiger partial charge in [0.15, 0.2) is 17.3 Å². The minimum atomic E-state index is -0.213. The summed E-state index contributed by atoms with van der Waals surface area (Å²) >= 11 is 0. The van der Waals surface area contributed by atoms with Gasteiger partial charge >= 0.3 is 0 Å². The van der Waals surface area contributed by atoms with Gasteiger partial charge in [-0.25, -0.2) is 0 Å². The lowest BCUT2D eigenvalue weighted by Crippen LogP contribution is -2.25. The molecule has 0 spiro atoms. The van der Waals surface area contributed by atoms with Gasteiger partial charge in [-0.1, -0.05) is 43.7 Å². The molecular formula is C21H22N4O2. The fraction of sp³-hybridized carbons (Fsp3) is 0.190. The first-order valence-corrected chi connectivity index (χ1v) is 8.97. The van der Waals surface area contributed by atoms with Crippen molar-refractivity contribution in [1.29, 1.82) is 0 Å². The number of amides is 1. The van der Waals surface area contributed by atoms with Crippen LogP contribution in [0.4, 0.5) is 11.5 Å². The van der Waals surface area contributed by atoms with E-state index in [4.69, 9.17) is 4.74 Å². The molecule has 0 radical (unpaired) electrons. The number of hydrogen-bond donors (Lipinski definition) is 2. The maximum Gasteiger partial charge on any atom is 0.271 e. The number of rotatable bonds is 8. The third-order valence-corrected chi connectivity index (χ3v) is 3.83. The fourth-order valence-corrected chi connectivity index (χ4v) is 2.40. The van der Waals surface area contributed by atoms with Gasteiger partial charge in [0, 0.05) is 6.54 Å². The van der Waals surface area contributed by atoms with E-state index in [0.29, 0.717) is 23.8 Å². The van der Waals surface area contributed by atoms with Gasteiger partial charge in [-0.15, -0.1) is 10.2 Å². The first kappa shape index (κ1) is 18.4. The van der Waals surface area contributed by atoms with E-state index in [0.717, 1.165) is 24.3 Å². The zero-order chi connectivity index (χ0) is 18.9. The van der Waals surface area contributed by atoms with Gasteiger partial charge in [0.1, 0.15) is 5.75 Å². The molecule has 3 rings (SSSR count). The summed E-state index contributed by atoms with van der Waals surface area (Å²) < 4.78 is 5.92. The van der Waals surface area contributed by atoms with Crippen molar-refractivity contribution in [3.05, 3.63) is 72.4 Å². The number of para-hydroxylation sites is 3. The molecule has 0 aliphatic rings. The minimum Gasteiger partial charge on any atom is -0.455 e. The number of nitrogens with one attached hydrogen (secondary N) is 2. The van der Waals surface area contributed by atoms with Crippen LogP contribution in [0, 0.1) is 0 Å². The van der Waals surface area contributed by atoms with Crippen molar-refractivity contribution in [1.82, 2.24) is 15.5 Å². The zero-order valence-electron chi connectivity index (χ0n) is 15.2. The van der Waals surface area contributed by atoms with Crippen molar-refractivity contribution >= 4 is 17.4 Å². The van der Waals surface area contributed by atoms with Crippen molar-refractivity contribution in [3.8, 4) is 11.5 Å². The van der Waals surface area contributed by atoms with Crippen LogP contribution in [-0.4, -0.2) is 22.6 Å². The van der Waals surface area contributed by atoms with Crippen molar-refractivity contribution in [2.45, 2.75) is 19.8 Å². The lowest BCUT2D eigenvalue weighted by atomic mass is 10.2. The van der Waals surface area contributed by atoms with Crippen LogP contribution in [-0.2, 0) is 0 Å². The summed E-state index contributed by atoms with van der Waals surface area (Å²) in [5.41, 5.74) is 1.06. The van der Waals surface area contributed by atoms with Gasteiger partial charge in [0.2, 0.25) is 0 Å². The van der Waals surface area contributed by atoms with Crippen LogP contribution in [0.5, 0.6) is 11.5 Å². The van der Waals surface area contributed by atoms with Crippen molar-refractivity contribution < 1.29 is 9.53 Å². The number of nitrogens with zero attached hydrogens (tertiary/aromatic N) is 2. The Morgan fingerprint density at radius 2 is 1.74 bits per heavy atom. The van der Waals surface area contributed by atoms with Crippen LogP contribution in [0.15, 0.2) is 66.7 Å². The van der Waals surface area contributed by atoms with Gasteiger partial charge in [-0.2, -0.15) is 0 Å². The van der Waals surface area contributed by atoms with Crippen LogP contribution in [0.1, 0.15) is 30.3 Å². The Bertz CT molecular complexity index is 867. The standard InChI is InChI=1S/C21H22N4O2/c1-2-3-15-22-21(26)18-13-14-20(25-24-18)23-17-11-7-8-12-19(17)27-16-9-5-4-6-10-16/h4-14H,2-3,15H2,1H3,(H,22,26)(H,23,25). The van der Waals surface area contributed by atoms with E-state index in [-0.39, 0.29) is 5.91 Å². The number of carbonyl (C=O) groups is 1. The fourth-order valence-electron chi connectivity index (χ4n) is 2.40. The van der Waals surface area contributed by atoms with Gasteiger partial charge < -0.3 is 15.4 Å². The first-order chi connectivity index (χ1) is 13.3. The smallest absolute Gasteiger partial charge is 0.271 e. The number of unbranched alkanes of at least 4 members (excludes halogenated alkanes) is 1. The summed E-state index contributed by atoms with van der Waals surface area (Å²) in [6.07, 6.45) is 1.97. The molecular weight excluding hydrogens is 340 g/mol. The van der Waals surface area contributed by atoms with Gasteiger partial charge in [-0.05, 0) is 42.8 Å². The average molecular weight is 362 g/mol. The molecule has 138 valence electrons. The monoisotopic (exact) mass is 362 g/mol. The second-order valence-corrected chi connectivity index (χ2v) is 5.95. The van der Waals surface area contributed by atoms with Crippen molar-refractivity contribution in [3.63, 3.8) is 0 Å². The molecule has 0 saturated heterocycles. The molecule has 2 aromatic carbocycles. The third-order valence-electron chi connectivity index (χ3n) is 3.83. The lowest BCUT2D eigenvalue weighted by molar-refractivity contribution is 0.0947. The Balaban J connectivity index is 1.68. The number of benzene rings is 2. The van der Waals surface area contributed by atoms with Crippen molar-refractivity contribution in [2.24, 2.45) is 0 Å². The highest BCUT2D eigenvalue weighted by Gasteiger charge is 2.09. The first-order valence-electron chi connectivity index (χ1n) is 8.97. The third kappa shape index (κ3) is 5.28. The summed E-state index contributed by atoms with van der Waals surface area (Å²) in [5, 5.41) is 14.1. The number of aromatic nitrogens is 2. The predicted octanol–water partition coefficient (Wildman–Crippen LogP) is 4.54. The number of ether oxygens (including phenoxy) is 1. The van der Waals surface area contributed by atoms with E-state index in [9.17, 15) is 4.79 Å². The maximum atomic E-state index is 12.0. The van der Waals surface area contributed by atoms with E-state index in [1.54, 1.807) is 12.1 Å². The molecule has 1 amide bonds. The van der Waals surface area contributed by atoms with E-state index in [1.165, 1.54) is 0 Å². The Morgan fingerprint density at radius 1 is 0.963 bits per heavy atom. The second-order valence-electron chi connectivity index (χ2n) is 5.95. The van der Waals surface area contributed by atoms with Gasteiger partial charge in [-0.3, -0.25) is 4.79 Å². The molecule has 0 aliphatic heterocycles. The highest BCUT2D eigenvalue weighted by atomic mass is 16.5. The molecule has 0 saturated carbocycles. The van der Waals surface area contributed by atoms with E-state index in [1.807, 2.05) is 54.6 Å². The van der Waals surface area contributed by atoms with Crippen LogP contribution < -0.4 is 15.4 Å². The van der Waals surface area contributed by atoms with Crippen molar-refractivity contribution in [2.75, 3.05) is 11.9 Å². The molecule has 2 N–H and O–H groups in total. The summed E-state index contributed by atoms with van der Waals surface area (Å²) in [7, 11) is 0. The molecule has 0 atom stereocenters. The number of carbonyl (C=O) groups excluding carboxylic acids is 1. The number of anilines is 2. The summed E-state index contributed by atoms with van der Waals surface area (Å²) in [5.74, 6) is 1.74. The summed E-state index contributed by atoms with van der Waals surface area (Å²) in [4.78, 5) is 12.0. The average Bonchev–Trinajstić information content (AvgIpc) is 2.71. The molecule has 1 heterocycles. The molecule has 6 nitrogen and oxygen atoms in total. The molecule has 0 bridgehead atoms. The predicted molar refractivity (Wildman–Crippen MR) is 106 cm³/mol. The molecule has 6 heteroatoms. The van der Waals surface area contributed by atoms with Crippen LogP contribution in [0.2, 0.25) is 0 Å². The minimum absolute atomic E-state index is 0.213. The summed E-state index contributed by atoms with van der Waals surface area (Å²) in [6.45, 7) is 2.72. The van der Waals surface area contributed by atoms with E-state index >= 15 is 0 Å². The maximum absolute atomic E-state index is 12.0. The second kappa shape index (κ2) is 9.33. The topological polar surface area (TPSA) is 76.1 Å². The molecule has 0 fully saturated rings. The quantitative estimate of drug-likeness (QED) is 0.575. The Kier molecular flexibility index (Phi) is 6.35. The summed E-state index contributed by atoms with van der Waals surface area (Å²) in [6, 6.07) is 20.5. The molecule has 0 aliphatic carbocycles. The Morgan fingerprint density at radius 3 is 2.48 bits per heavy atom. The molecule has 1 aromatic heterocycles. The van der Waals surface area contributed by atoms with Gasteiger partial charge in [0.25, 0.3) is 5.91 Å². The van der Waals surface area contributed by atoms with Crippen LogP contribution in [0.25, 0.3) is 0 Å². The largest absolute Gasteiger partial charge is 0.455 e. The molecule has 0 unspecified atom stereocenters.